The average Bonchev–Trinajstić information content (AvgIpc) is 0.728. The molecule has 0 aliphatic carbocycles. The van der Waals surface area contributed by atoms with E-state index in [2.05, 4.69) is 389 Å². The molecule has 0 amide bonds. The zero-order valence-corrected chi connectivity index (χ0v) is 65.9. The Kier molecular flexibility index (Phi) is 15.5. The summed E-state index contributed by atoms with van der Waals surface area (Å²) >= 11 is 0. The Balaban J connectivity index is 0.000000138. The molecule has 0 aliphatic rings. The second-order valence-electron chi connectivity index (χ2n) is 31.9. The van der Waals surface area contributed by atoms with Gasteiger partial charge in [-0.15, -0.1) is 0 Å². The highest BCUT2D eigenvalue weighted by Crippen LogP contribution is 2.54. The zero-order chi connectivity index (χ0) is 78.7. The molecule has 24 aromatic rings. The standard InChI is InChI=1S/C56H40N2O2.C54H36N2O2/c1-33-27-34(2)30-39(29-33)57(49-15-9-13-43-41-11-5-7-17-51(41)59-55(43)49)47-25-21-37-20-24-46-48(26-22-38-19-23-45(47)53(37)54(38)46)58(40-31-35(3)28-36(4)32-40)50-16-10-14-44-42-12-6-8-18-52(42)60-56(44)50;1-33-11-7-13-37(31-33)55(47-19-9-17-41-39-15-3-5-21-49(39)57-53(41)47)45-29-25-35-24-28-44-46(30-26-36-23-27-43(45)51(35)52(36)44)56(38-14-8-12-34(2)32-38)48-20-10-18-42-40-16-4-6-22-50(40)58-54(42)48/h5-32H,1-4H3;3-32H,1-2H3. The summed E-state index contributed by atoms with van der Waals surface area (Å²) in [5.41, 5.74) is 26.9. The van der Waals surface area contributed by atoms with E-state index in [1.165, 1.54) is 98.0 Å². The van der Waals surface area contributed by atoms with Gasteiger partial charge in [0.15, 0.2) is 22.3 Å². The van der Waals surface area contributed by atoms with Crippen molar-refractivity contribution in [2.24, 2.45) is 0 Å². The number of furan rings is 4. The van der Waals surface area contributed by atoms with Gasteiger partial charge >= 0.3 is 0 Å². The van der Waals surface area contributed by atoms with E-state index in [1.54, 1.807) is 0 Å². The highest BCUT2D eigenvalue weighted by Gasteiger charge is 2.30. The fourth-order valence-electron chi connectivity index (χ4n) is 19.3. The Labute approximate surface area is 680 Å². The fourth-order valence-corrected chi connectivity index (χ4v) is 19.3. The quantitative estimate of drug-likeness (QED) is 0.112. The monoisotopic (exact) mass is 1520 g/mol. The first-order valence-corrected chi connectivity index (χ1v) is 40.5. The molecule has 8 heteroatoms. The van der Waals surface area contributed by atoms with Crippen LogP contribution in [0.15, 0.2) is 370 Å². The number of fused-ring (bicyclic) bond motifs is 12. The van der Waals surface area contributed by atoms with Crippen molar-refractivity contribution >= 4 is 221 Å². The van der Waals surface area contributed by atoms with E-state index in [-0.39, 0.29) is 0 Å². The van der Waals surface area contributed by atoms with E-state index in [4.69, 9.17) is 17.7 Å². The molecule has 0 saturated heterocycles. The Morgan fingerprint density at radius 2 is 0.390 bits per heavy atom. The lowest BCUT2D eigenvalue weighted by Crippen LogP contribution is -2.12. The van der Waals surface area contributed by atoms with Crippen molar-refractivity contribution < 1.29 is 17.7 Å². The van der Waals surface area contributed by atoms with Gasteiger partial charge in [0.2, 0.25) is 0 Å². The molecule has 0 unspecified atom stereocenters. The van der Waals surface area contributed by atoms with Crippen molar-refractivity contribution in [2.75, 3.05) is 19.6 Å². The lowest BCUT2D eigenvalue weighted by Gasteiger charge is -2.30. The van der Waals surface area contributed by atoms with Gasteiger partial charge in [0.1, 0.15) is 22.3 Å². The van der Waals surface area contributed by atoms with Gasteiger partial charge in [-0.05, 0) is 239 Å². The largest absolute Gasteiger partial charge is 0.454 e. The van der Waals surface area contributed by atoms with Crippen molar-refractivity contribution in [3.05, 3.63) is 385 Å². The molecule has 8 nitrogen and oxygen atoms in total. The van der Waals surface area contributed by atoms with Crippen LogP contribution in [0.5, 0.6) is 0 Å². The molecule has 0 radical (unpaired) electrons. The summed E-state index contributed by atoms with van der Waals surface area (Å²) in [6.45, 7) is 13.0. The van der Waals surface area contributed by atoms with E-state index < -0.39 is 0 Å². The van der Waals surface area contributed by atoms with Crippen LogP contribution in [0.2, 0.25) is 0 Å². The molecule has 4 aromatic heterocycles. The number of hydrogen-bond acceptors (Lipinski definition) is 8. The normalized spacial score (nSPS) is 12.0. The number of rotatable bonds is 12. The lowest BCUT2D eigenvalue weighted by molar-refractivity contribution is 0.668. The third-order valence-electron chi connectivity index (χ3n) is 24.1. The second kappa shape index (κ2) is 26.7. The summed E-state index contributed by atoms with van der Waals surface area (Å²) < 4.78 is 26.8. The predicted molar refractivity (Wildman–Crippen MR) is 497 cm³/mol. The Hall–Kier alpha value is -15.1. The lowest BCUT2D eigenvalue weighted by atomic mass is 9.91. The first-order chi connectivity index (χ1) is 58.0. The summed E-state index contributed by atoms with van der Waals surface area (Å²) in [5, 5.41) is 23.3. The van der Waals surface area contributed by atoms with E-state index in [0.717, 1.165) is 156 Å². The minimum Gasteiger partial charge on any atom is -0.454 e. The molecule has 118 heavy (non-hydrogen) atoms. The highest BCUT2D eigenvalue weighted by atomic mass is 16.3. The Morgan fingerprint density at radius 1 is 0.161 bits per heavy atom. The van der Waals surface area contributed by atoms with E-state index in [0.29, 0.717) is 0 Å². The van der Waals surface area contributed by atoms with Crippen LogP contribution < -0.4 is 19.6 Å². The summed E-state index contributed by atoms with van der Waals surface area (Å²) in [6.07, 6.45) is 0. The van der Waals surface area contributed by atoms with Gasteiger partial charge in [0.05, 0.1) is 45.5 Å². The van der Waals surface area contributed by atoms with E-state index in [9.17, 15) is 0 Å². The molecule has 0 spiro atoms. The van der Waals surface area contributed by atoms with Crippen molar-refractivity contribution in [1.82, 2.24) is 0 Å². The zero-order valence-electron chi connectivity index (χ0n) is 65.9. The molecular formula is C110H76N4O4. The van der Waals surface area contributed by atoms with Gasteiger partial charge < -0.3 is 37.3 Å². The topological polar surface area (TPSA) is 65.5 Å². The highest BCUT2D eigenvalue weighted by molar-refractivity contribution is 6.31. The molecule has 0 aliphatic heterocycles. The van der Waals surface area contributed by atoms with Crippen LogP contribution in [0, 0.1) is 41.5 Å². The summed E-state index contributed by atoms with van der Waals surface area (Å²) in [7, 11) is 0. The first-order valence-electron chi connectivity index (χ1n) is 40.5. The van der Waals surface area contributed by atoms with Crippen molar-refractivity contribution in [3.8, 4) is 0 Å². The van der Waals surface area contributed by atoms with Crippen molar-refractivity contribution in [1.29, 1.82) is 0 Å². The number of nitrogens with zero attached hydrogens (tertiary/aromatic N) is 4. The maximum Gasteiger partial charge on any atom is 0.159 e. The van der Waals surface area contributed by atoms with Crippen LogP contribution in [0.25, 0.3) is 152 Å². The summed E-state index contributed by atoms with van der Waals surface area (Å²) in [4.78, 5) is 9.57. The third-order valence-corrected chi connectivity index (χ3v) is 24.1. The first kappa shape index (κ1) is 68.5. The summed E-state index contributed by atoms with van der Waals surface area (Å²) in [6, 6.07) is 127. The minimum absolute atomic E-state index is 0.867. The van der Waals surface area contributed by atoms with Crippen LogP contribution >= 0.6 is 0 Å². The van der Waals surface area contributed by atoms with E-state index >= 15 is 0 Å². The molecule has 560 valence electrons. The van der Waals surface area contributed by atoms with Crippen LogP contribution in [0.4, 0.5) is 68.2 Å². The van der Waals surface area contributed by atoms with Gasteiger partial charge in [-0.25, -0.2) is 0 Å². The molecule has 24 rings (SSSR count). The Bertz CT molecular complexity index is 7700. The van der Waals surface area contributed by atoms with Crippen molar-refractivity contribution in [2.45, 2.75) is 41.5 Å². The van der Waals surface area contributed by atoms with Crippen LogP contribution in [0.1, 0.15) is 33.4 Å². The van der Waals surface area contributed by atoms with Gasteiger partial charge in [-0.2, -0.15) is 0 Å². The number of hydrogen-bond donors (Lipinski definition) is 0. The molecule has 4 heterocycles. The number of aryl methyl sites for hydroxylation is 6. The number of anilines is 12. The molecular weight excluding hydrogens is 1440 g/mol. The van der Waals surface area contributed by atoms with Crippen LogP contribution in [-0.4, -0.2) is 0 Å². The van der Waals surface area contributed by atoms with Gasteiger partial charge in [-0.1, -0.05) is 231 Å². The number of benzene rings is 20. The number of para-hydroxylation sites is 8. The van der Waals surface area contributed by atoms with Crippen LogP contribution in [-0.2, 0) is 0 Å². The smallest absolute Gasteiger partial charge is 0.159 e. The molecule has 0 saturated carbocycles. The van der Waals surface area contributed by atoms with Gasteiger partial charge in [0, 0.05) is 87.4 Å². The average molecular weight is 1520 g/mol. The minimum atomic E-state index is 0.867. The van der Waals surface area contributed by atoms with Gasteiger partial charge in [-0.3, -0.25) is 0 Å². The Morgan fingerprint density at radius 3 is 0.661 bits per heavy atom. The maximum atomic E-state index is 6.73. The van der Waals surface area contributed by atoms with Crippen LogP contribution in [0.3, 0.4) is 0 Å². The SMILES string of the molecule is Cc1cc(C)cc(N(c2ccc3ccc4c(N(c5cc(C)cc(C)c5)c5cccc6c5oc5ccccc56)ccc5ccc2c3c54)c2cccc3c2oc2ccccc23)c1.Cc1cccc(N(c2ccc3ccc4c(N(c5cccc(C)c5)c5cccc6c5oc5ccccc56)ccc5ccc2c3c54)c2cccc3c2oc2ccccc23)c1. The van der Waals surface area contributed by atoms with Gasteiger partial charge in [0.25, 0.3) is 0 Å². The maximum absolute atomic E-state index is 6.73. The third kappa shape index (κ3) is 10.8. The molecule has 0 fully saturated rings. The molecule has 20 aromatic carbocycles. The van der Waals surface area contributed by atoms with E-state index in [1.807, 2.05) is 24.3 Å². The molecule has 0 bridgehead atoms. The summed E-state index contributed by atoms with van der Waals surface area (Å²) in [5.74, 6) is 0. The second-order valence-corrected chi connectivity index (χ2v) is 31.9. The molecule has 0 N–H and O–H groups in total. The fraction of sp³-hybridized carbons (Fsp3) is 0.0545. The molecule has 0 atom stereocenters. The predicted octanol–water partition coefficient (Wildman–Crippen LogP) is 32.5. The van der Waals surface area contributed by atoms with Crippen molar-refractivity contribution in [3.63, 3.8) is 0 Å².